The highest BCUT2D eigenvalue weighted by Gasteiger charge is 2.61. The number of rotatable bonds is 2. The van der Waals surface area contributed by atoms with Gasteiger partial charge >= 0.3 is 6.18 Å². The van der Waals surface area contributed by atoms with Crippen LogP contribution in [0.15, 0.2) is 0 Å². The summed E-state index contributed by atoms with van der Waals surface area (Å²) >= 11 is 0. The zero-order valence-corrected chi connectivity index (χ0v) is 10.7. The molecule has 7 heteroatoms. The summed E-state index contributed by atoms with van der Waals surface area (Å²) in [5.74, 6) is -0.884. The highest BCUT2D eigenvalue weighted by atomic mass is 19.4. The first-order chi connectivity index (χ1) is 8.85. The van der Waals surface area contributed by atoms with Gasteiger partial charge in [-0.1, -0.05) is 0 Å². The molecule has 1 aliphatic carbocycles. The van der Waals surface area contributed by atoms with Crippen LogP contribution in [0, 0.1) is 5.41 Å². The Morgan fingerprint density at radius 3 is 2.37 bits per heavy atom. The van der Waals surface area contributed by atoms with Crippen LogP contribution in [0.1, 0.15) is 32.1 Å². The van der Waals surface area contributed by atoms with Crippen molar-refractivity contribution >= 4 is 5.91 Å². The van der Waals surface area contributed by atoms with Gasteiger partial charge in [0.05, 0.1) is 0 Å². The van der Waals surface area contributed by atoms with Crippen LogP contribution in [-0.4, -0.2) is 37.3 Å². The average Bonchev–Trinajstić information content (AvgIpc) is 2.82. The van der Waals surface area contributed by atoms with Crippen LogP contribution in [0.4, 0.5) is 13.2 Å². The molecule has 19 heavy (non-hydrogen) atoms. The van der Waals surface area contributed by atoms with Gasteiger partial charge in [-0.05, 0) is 38.6 Å². The van der Waals surface area contributed by atoms with Crippen LogP contribution in [0.5, 0.6) is 0 Å². The van der Waals surface area contributed by atoms with Gasteiger partial charge in [0, 0.05) is 18.6 Å². The summed E-state index contributed by atoms with van der Waals surface area (Å²) < 4.78 is 39.5. The third kappa shape index (κ3) is 2.86. The summed E-state index contributed by atoms with van der Waals surface area (Å²) in [6.45, 7) is -0.100. The zero-order chi connectivity index (χ0) is 14.1. The molecule has 4 nitrogen and oxygen atoms in total. The van der Waals surface area contributed by atoms with Crippen molar-refractivity contribution in [1.82, 2.24) is 10.6 Å². The molecule has 1 atom stereocenters. The predicted octanol–water partition coefficient (Wildman–Crippen LogP) is 0.914. The first-order valence-electron chi connectivity index (χ1n) is 6.69. The van der Waals surface area contributed by atoms with Crippen molar-refractivity contribution in [1.29, 1.82) is 0 Å². The fourth-order valence-corrected chi connectivity index (χ4v) is 2.84. The SMILES string of the molecule is NC1CCC(NC(=O)C2(C(F)(F)F)CCNC2)CC1. The van der Waals surface area contributed by atoms with Gasteiger partial charge < -0.3 is 16.4 Å². The second-order valence-corrected chi connectivity index (χ2v) is 5.59. The van der Waals surface area contributed by atoms with Gasteiger partial charge in [0.2, 0.25) is 5.91 Å². The molecular formula is C12H20F3N3O. The number of carbonyl (C=O) groups is 1. The molecule has 0 spiro atoms. The zero-order valence-electron chi connectivity index (χ0n) is 10.7. The number of nitrogens with one attached hydrogen (secondary N) is 2. The molecule has 0 bridgehead atoms. The van der Waals surface area contributed by atoms with Gasteiger partial charge in [-0.3, -0.25) is 4.79 Å². The Morgan fingerprint density at radius 2 is 1.89 bits per heavy atom. The lowest BCUT2D eigenvalue weighted by Crippen LogP contribution is -2.55. The molecule has 1 heterocycles. The maximum Gasteiger partial charge on any atom is 0.404 e. The Bertz CT molecular complexity index is 332. The monoisotopic (exact) mass is 279 g/mol. The Kier molecular flexibility index (Phi) is 4.06. The second-order valence-electron chi connectivity index (χ2n) is 5.59. The van der Waals surface area contributed by atoms with E-state index in [-0.39, 0.29) is 31.6 Å². The Balaban J connectivity index is 2.01. The summed E-state index contributed by atoms with van der Waals surface area (Å²) in [5, 5.41) is 5.22. The fraction of sp³-hybridized carbons (Fsp3) is 0.917. The van der Waals surface area contributed by atoms with Gasteiger partial charge in [-0.2, -0.15) is 13.2 Å². The van der Waals surface area contributed by atoms with Gasteiger partial charge in [0.25, 0.3) is 0 Å². The smallest absolute Gasteiger partial charge is 0.353 e. The lowest BCUT2D eigenvalue weighted by molar-refractivity contribution is -0.216. The van der Waals surface area contributed by atoms with Gasteiger partial charge in [-0.25, -0.2) is 0 Å². The topological polar surface area (TPSA) is 67.1 Å². The van der Waals surface area contributed by atoms with E-state index in [0.29, 0.717) is 12.8 Å². The molecule has 0 aromatic rings. The molecule has 1 saturated carbocycles. The Morgan fingerprint density at radius 1 is 1.26 bits per heavy atom. The predicted molar refractivity (Wildman–Crippen MR) is 64.3 cm³/mol. The van der Waals surface area contributed by atoms with E-state index in [4.69, 9.17) is 5.73 Å². The lowest BCUT2D eigenvalue weighted by Gasteiger charge is -2.33. The van der Waals surface area contributed by atoms with E-state index in [1.807, 2.05) is 0 Å². The fourth-order valence-electron chi connectivity index (χ4n) is 2.84. The lowest BCUT2D eigenvalue weighted by atomic mass is 9.84. The molecule has 1 unspecified atom stereocenters. The molecule has 1 amide bonds. The molecule has 0 aromatic carbocycles. The summed E-state index contributed by atoms with van der Waals surface area (Å²) in [6, 6.07) is -0.0648. The number of amides is 1. The molecular weight excluding hydrogens is 259 g/mol. The molecule has 2 rings (SSSR count). The third-order valence-corrected chi connectivity index (χ3v) is 4.24. The molecule has 2 fully saturated rings. The third-order valence-electron chi connectivity index (χ3n) is 4.24. The van der Waals surface area contributed by atoms with Gasteiger partial charge in [-0.15, -0.1) is 0 Å². The van der Waals surface area contributed by atoms with Gasteiger partial charge in [0.1, 0.15) is 0 Å². The van der Waals surface area contributed by atoms with Crippen LogP contribution in [-0.2, 0) is 4.79 Å². The maximum atomic E-state index is 13.2. The molecule has 110 valence electrons. The average molecular weight is 279 g/mol. The molecule has 0 aromatic heterocycles. The van der Waals surface area contributed by atoms with Crippen LogP contribution in [0.25, 0.3) is 0 Å². The van der Waals surface area contributed by atoms with Crippen molar-refractivity contribution in [3.05, 3.63) is 0 Å². The normalized spacial score (nSPS) is 36.2. The highest BCUT2D eigenvalue weighted by molar-refractivity contribution is 5.84. The van der Waals surface area contributed by atoms with Crippen molar-refractivity contribution in [2.24, 2.45) is 11.1 Å². The first-order valence-corrected chi connectivity index (χ1v) is 6.69. The molecule has 1 saturated heterocycles. The first kappa shape index (κ1) is 14.6. The standard InChI is InChI=1S/C12H20F3N3O/c13-12(14,15)11(5-6-17-7-11)10(19)18-9-3-1-8(16)2-4-9/h8-9,17H,1-7,16H2,(H,18,19). The maximum absolute atomic E-state index is 13.2. The minimum atomic E-state index is -4.51. The number of halogens is 3. The molecule has 0 radical (unpaired) electrons. The molecule has 4 N–H and O–H groups in total. The van der Waals surface area contributed by atoms with Crippen molar-refractivity contribution in [2.75, 3.05) is 13.1 Å². The van der Waals surface area contributed by atoms with Gasteiger partial charge in [0.15, 0.2) is 5.41 Å². The van der Waals surface area contributed by atoms with E-state index in [2.05, 4.69) is 10.6 Å². The van der Waals surface area contributed by atoms with E-state index in [0.717, 1.165) is 12.8 Å². The van der Waals surface area contributed by atoms with Crippen molar-refractivity contribution in [3.63, 3.8) is 0 Å². The summed E-state index contributed by atoms with van der Waals surface area (Å²) in [7, 11) is 0. The van der Waals surface area contributed by atoms with E-state index < -0.39 is 17.5 Å². The van der Waals surface area contributed by atoms with Crippen molar-refractivity contribution < 1.29 is 18.0 Å². The summed E-state index contributed by atoms with van der Waals surface area (Å²) in [4.78, 5) is 12.1. The largest absolute Gasteiger partial charge is 0.404 e. The van der Waals surface area contributed by atoms with Crippen LogP contribution in [0.2, 0.25) is 0 Å². The quantitative estimate of drug-likeness (QED) is 0.704. The summed E-state index contributed by atoms with van der Waals surface area (Å²) in [5.41, 5.74) is 3.49. The number of carbonyl (C=O) groups excluding carboxylic acids is 1. The number of nitrogens with two attached hydrogens (primary N) is 1. The van der Waals surface area contributed by atoms with E-state index in [1.165, 1.54) is 0 Å². The number of alkyl halides is 3. The molecule has 2 aliphatic rings. The van der Waals surface area contributed by atoms with Crippen LogP contribution in [0.3, 0.4) is 0 Å². The van der Waals surface area contributed by atoms with Crippen molar-refractivity contribution in [2.45, 2.75) is 50.4 Å². The van der Waals surface area contributed by atoms with Crippen LogP contribution < -0.4 is 16.4 Å². The van der Waals surface area contributed by atoms with Crippen LogP contribution >= 0.6 is 0 Å². The minimum absolute atomic E-state index is 0.109. The Hall–Kier alpha value is -0.820. The highest BCUT2D eigenvalue weighted by Crippen LogP contribution is 2.43. The van der Waals surface area contributed by atoms with E-state index in [9.17, 15) is 18.0 Å². The minimum Gasteiger partial charge on any atom is -0.353 e. The van der Waals surface area contributed by atoms with E-state index in [1.54, 1.807) is 0 Å². The van der Waals surface area contributed by atoms with E-state index >= 15 is 0 Å². The summed E-state index contributed by atoms with van der Waals surface area (Å²) in [6.07, 6.45) is -1.87. The van der Waals surface area contributed by atoms with Crippen molar-refractivity contribution in [3.8, 4) is 0 Å². The Labute approximate surface area is 110 Å². The number of hydrogen-bond donors (Lipinski definition) is 3. The molecule has 1 aliphatic heterocycles. The second kappa shape index (κ2) is 5.28. The number of hydrogen-bond acceptors (Lipinski definition) is 3.